The van der Waals surface area contributed by atoms with E-state index in [2.05, 4.69) is 33.9 Å². The zero-order valence-corrected chi connectivity index (χ0v) is 23.6. The van der Waals surface area contributed by atoms with Crippen molar-refractivity contribution in [3.05, 3.63) is 76.0 Å². The zero-order chi connectivity index (χ0) is 30.2. The molecule has 224 valence electrons. The molecule has 1 aromatic heterocycles. The number of anilines is 3. The molecule has 2 atom stereocenters. The SMILES string of the molecule is C[C@@H]1CN(c2ccc(-c3ccc(N4CCOCC4)cc3F)cc2NC(=O)c2c[nH]c(=O)cc2C(F)(F)F)C[C@H](C)N1C. The fourth-order valence-electron chi connectivity index (χ4n) is 5.52. The zero-order valence-electron chi connectivity index (χ0n) is 23.6. The van der Waals surface area contributed by atoms with Crippen LogP contribution in [0.5, 0.6) is 0 Å². The highest BCUT2D eigenvalue weighted by Crippen LogP contribution is 2.37. The predicted octanol–water partition coefficient (Wildman–Crippen LogP) is 4.82. The van der Waals surface area contributed by atoms with Gasteiger partial charge in [-0.1, -0.05) is 6.07 Å². The van der Waals surface area contributed by atoms with E-state index in [1.54, 1.807) is 24.3 Å². The summed E-state index contributed by atoms with van der Waals surface area (Å²) in [6.07, 6.45) is -4.16. The summed E-state index contributed by atoms with van der Waals surface area (Å²) >= 11 is 0. The van der Waals surface area contributed by atoms with Gasteiger partial charge < -0.3 is 24.8 Å². The number of aromatic nitrogens is 1. The van der Waals surface area contributed by atoms with Crippen LogP contribution >= 0.6 is 0 Å². The quantitative estimate of drug-likeness (QED) is 0.417. The van der Waals surface area contributed by atoms with Crippen molar-refractivity contribution in [3.63, 3.8) is 0 Å². The van der Waals surface area contributed by atoms with Gasteiger partial charge in [0.2, 0.25) is 5.56 Å². The van der Waals surface area contributed by atoms with Gasteiger partial charge in [-0.2, -0.15) is 13.2 Å². The Hall–Kier alpha value is -3.90. The molecule has 0 unspecified atom stereocenters. The van der Waals surface area contributed by atoms with E-state index in [9.17, 15) is 22.8 Å². The Morgan fingerprint density at radius 3 is 2.33 bits per heavy atom. The second-order valence-electron chi connectivity index (χ2n) is 10.8. The monoisotopic (exact) mass is 587 g/mol. The number of hydrogen-bond donors (Lipinski definition) is 2. The number of pyridine rings is 1. The van der Waals surface area contributed by atoms with Gasteiger partial charge in [0.05, 0.1) is 35.7 Å². The number of H-pyrrole nitrogens is 1. The van der Waals surface area contributed by atoms with Gasteiger partial charge in [-0.25, -0.2) is 4.39 Å². The number of likely N-dealkylation sites (N-methyl/N-ethyl adjacent to an activating group) is 1. The molecule has 0 radical (unpaired) electrons. The average Bonchev–Trinajstić information content (AvgIpc) is 2.95. The number of halogens is 4. The Kier molecular flexibility index (Phi) is 8.29. The molecule has 2 N–H and O–H groups in total. The number of piperazine rings is 1. The number of carbonyl (C=O) groups is 1. The van der Waals surface area contributed by atoms with E-state index >= 15 is 4.39 Å². The van der Waals surface area contributed by atoms with E-state index in [0.29, 0.717) is 56.7 Å². The fourth-order valence-corrected chi connectivity index (χ4v) is 5.52. The molecular formula is C30H33F4N5O3. The summed E-state index contributed by atoms with van der Waals surface area (Å²) in [5, 5.41) is 2.63. The summed E-state index contributed by atoms with van der Waals surface area (Å²) in [5.41, 5.74) is -0.741. The molecular weight excluding hydrogens is 554 g/mol. The van der Waals surface area contributed by atoms with Crippen molar-refractivity contribution in [2.45, 2.75) is 32.1 Å². The lowest BCUT2D eigenvalue weighted by Gasteiger charge is -2.44. The van der Waals surface area contributed by atoms with E-state index in [1.807, 2.05) is 18.0 Å². The topological polar surface area (TPSA) is 80.9 Å². The number of rotatable bonds is 5. The lowest BCUT2D eigenvalue weighted by molar-refractivity contribution is -0.138. The van der Waals surface area contributed by atoms with Gasteiger partial charge in [-0.15, -0.1) is 0 Å². The number of carbonyl (C=O) groups excluding carboxylic acids is 1. The molecule has 2 saturated heterocycles. The first-order chi connectivity index (χ1) is 19.9. The number of nitrogens with one attached hydrogen (secondary N) is 2. The van der Waals surface area contributed by atoms with E-state index in [4.69, 9.17) is 4.74 Å². The third-order valence-corrected chi connectivity index (χ3v) is 8.06. The Bertz CT molecular complexity index is 1510. The van der Waals surface area contributed by atoms with E-state index < -0.39 is 34.6 Å². The highest BCUT2D eigenvalue weighted by molar-refractivity contribution is 6.07. The molecule has 0 spiro atoms. The van der Waals surface area contributed by atoms with E-state index in [-0.39, 0.29) is 23.3 Å². The Labute approximate surface area is 240 Å². The molecule has 8 nitrogen and oxygen atoms in total. The Balaban J connectivity index is 1.54. The molecule has 2 aromatic carbocycles. The average molecular weight is 588 g/mol. The molecule has 1 amide bonds. The largest absolute Gasteiger partial charge is 0.417 e. The molecule has 12 heteroatoms. The third kappa shape index (κ3) is 6.14. The number of amides is 1. The molecule has 0 bridgehead atoms. The van der Waals surface area contributed by atoms with E-state index in [0.717, 1.165) is 11.9 Å². The first-order valence-electron chi connectivity index (χ1n) is 13.8. The maximum atomic E-state index is 15.5. The standard InChI is InChI=1S/C30H33F4N5O3/c1-18-16-39(17-19(2)37(18)3)27-7-4-20(22-6-5-21(13-25(22)31)38-8-10-42-11-9-38)12-26(27)36-29(41)23-15-35-28(40)14-24(23)30(32,33)34/h4-7,12-15,18-19H,8-11,16-17H2,1-3H3,(H,35,40)(H,36,41)/t18-,19+. The molecule has 5 rings (SSSR count). The smallest absolute Gasteiger partial charge is 0.378 e. The van der Waals surface area contributed by atoms with Gasteiger partial charge in [-0.05, 0) is 56.8 Å². The summed E-state index contributed by atoms with van der Waals surface area (Å²) in [6, 6.07) is 10.7. The summed E-state index contributed by atoms with van der Waals surface area (Å²) in [7, 11) is 2.02. The highest BCUT2D eigenvalue weighted by atomic mass is 19.4. The van der Waals surface area contributed by atoms with Crippen LogP contribution in [0.1, 0.15) is 29.8 Å². The molecule has 2 aliphatic rings. The maximum absolute atomic E-state index is 15.5. The highest BCUT2D eigenvalue weighted by Gasteiger charge is 2.36. The van der Waals surface area contributed by atoms with Crippen molar-refractivity contribution in [1.29, 1.82) is 0 Å². The molecule has 3 heterocycles. The Morgan fingerprint density at radius 2 is 1.69 bits per heavy atom. The number of nitrogens with zero attached hydrogens (tertiary/aromatic N) is 3. The molecule has 42 heavy (non-hydrogen) atoms. The van der Waals surface area contributed by atoms with Gasteiger partial charge in [0.15, 0.2) is 0 Å². The molecule has 3 aromatic rings. The number of aromatic amines is 1. The predicted molar refractivity (Wildman–Crippen MR) is 154 cm³/mol. The van der Waals surface area contributed by atoms with Crippen molar-refractivity contribution in [2.24, 2.45) is 0 Å². The van der Waals surface area contributed by atoms with Crippen molar-refractivity contribution in [2.75, 3.05) is 61.6 Å². The van der Waals surface area contributed by atoms with Gasteiger partial charge in [0.25, 0.3) is 5.91 Å². The second-order valence-corrected chi connectivity index (χ2v) is 10.8. The van der Waals surface area contributed by atoms with Gasteiger partial charge in [0.1, 0.15) is 5.82 Å². The van der Waals surface area contributed by atoms with Crippen molar-refractivity contribution in [3.8, 4) is 11.1 Å². The lowest BCUT2D eigenvalue weighted by atomic mass is 10.0. The number of hydrogen-bond acceptors (Lipinski definition) is 6. The molecule has 2 aliphatic heterocycles. The Morgan fingerprint density at radius 1 is 1.00 bits per heavy atom. The summed E-state index contributed by atoms with van der Waals surface area (Å²) in [6.45, 7) is 7.77. The maximum Gasteiger partial charge on any atom is 0.417 e. The molecule has 0 saturated carbocycles. The normalized spacial score (nSPS) is 20.1. The second kappa shape index (κ2) is 11.8. The van der Waals surface area contributed by atoms with Crippen LogP contribution < -0.4 is 20.7 Å². The van der Waals surface area contributed by atoms with Gasteiger partial charge in [-0.3, -0.25) is 14.5 Å². The third-order valence-electron chi connectivity index (χ3n) is 8.06. The van der Waals surface area contributed by atoms with Crippen molar-refractivity contribution < 1.29 is 27.1 Å². The van der Waals surface area contributed by atoms with E-state index in [1.165, 1.54) is 6.07 Å². The van der Waals surface area contributed by atoms with Gasteiger partial charge in [0, 0.05) is 61.8 Å². The first kappa shape index (κ1) is 29.6. The van der Waals surface area contributed by atoms with Crippen LogP contribution in [0.15, 0.2) is 53.5 Å². The van der Waals surface area contributed by atoms with Crippen LogP contribution in [0.4, 0.5) is 34.6 Å². The summed E-state index contributed by atoms with van der Waals surface area (Å²) < 4.78 is 62.0. The summed E-state index contributed by atoms with van der Waals surface area (Å²) in [5.74, 6) is -1.51. The van der Waals surface area contributed by atoms with Gasteiger partial charge >= 0.3 is 6.18 Å². The lowest BCUT2D eigenvalue weighted by Crippen LogP contribution is -2.55. The number of ether oxygens (including phenoxy) is 1. The number of alkyl halides is 3. The number of morpholine rings is 1. The van der Waals surface area contributed by atoms with Crippen molar-refractivity contribution in [1.82, 2.24) is 9.88 Å². The fraction of sp³-hybridized carbons (Fsp3) is 0.400. The minimum Gasteiger partial charge on any atom is -0.378 e. The van der Waals surface area contributed by atoms with Crippen LogP contribution in [0.3, 0.4) is 0 Å². The minimum absolute atomic E-state index is 0.165. The molecule has 2 fully saturated rings. The first-order valence-corrected chi connectivity index (χ1v) is 13.8. The van der Waals surface area contributed by atoms with Crippen LogP contribution in [-0.4, -0.2) is 74.3 Å². The van der Waals surface area contributed by atoms with Crippen LogP contribution in [0, 0.1) is 5.82 Å². The van der Waals surface area contributed by atoms with Crippen molar-refractivity contribution >= 4 is 23.0 Å². The number of benzene rings is 2. The van der Waals surface area contributed by atoms with Crippen LogP contribution in [0.2, 0.25) is 0 Å². The van der Waals surface area contributed by atoms with Crippen LogP contribution in [0.25, 0.3) is 11.1 Å². The molecule has 0 aliphatic carbocycles. The minimum atomic E-state index is -4.92. The van der Waals surface area contributed by atoms with Crippen LogP contribution in [-0.2, 0) is 10.9 Å². The summed E-state index contributed by atoms with van der Waals surface area (Å²) in [4.78, 5) is 33.4.